The Bertz CT molecular complexity index is 1050. The van der Waals surface area contributed by atoms with Crippen LogP contribution in [0.25, 0.3) is 0 Å². The molecule has 0 spiro atoms. The Kier molecular flexibility index (Phi) is 6.10. The van der Waals surface area contributed by atoms with Crippen molar-refractivity contribution in [1.82, 2.24) is 19.8 Å². The maximum atomic E-state index is 5.92. The first kappa shape index (κ1) is 21.0. The molecule has 166 valence electrons. The van der Waals surface area contributed by atoms with E-state index in [2.05, 4.69) is 56.3 Å². The lowest BCUT2D eigenvalue weighted by atomic mass is 10.0. The molecule has 0 amide bonds. The van der Waals surface area contributed by atoms with E-state index in [0.29, 0.717) is 6.54 Å². The Balaban J connectivity index is 1.49. The van der Waals surface area contributed by atoms with Crippen LogP contribution in [0.5, 0.6) is 5.75 Å². The van der Waals surface area contributed by atoms with E-state index < -0.39 is 0 Å². The highest BCUT2D eigenvalue weighted by Crippen LogP contribution is 2.40. The molecule has 2 aliphatic rings. The van der Waals surface area contributed by atoms with Crippen LogP contribution < -0.4 is 10.1 Å². The van der Waals surface area contributed by atoms with Crippen LogP contribution in [0.15, 0.2) is 67.0 Å². The van der Waals surface area contributed by atoms with Crippen LogP contribution in [-0.2, 0) is 17.8 Å². The van der Waals surface area contributed by atoms with E-state index >= 15 is 0 Å². The molecule has 2 aliphatic heterocycles. The lowest BCUT2D eigenvalue weighted by Crippen LogP contribution is -2.30. The minimum absolute atomic E-state index is 0.0240. The minimum Gasteiger partial charge on any atom is -0.497 e. The molecule has 32 heavy (non-hydrogen) atoms. The van der Waals surface area contributed by atoms with Gasteiger partial charge in [-0.05, 0) is 67.0 Å². The van der Waals surface area contributed by atoms with E-state index in [0.717, 1.165) is 42.5 Å². The second-order valence-corrected chi connectivity index (χ2v) is 8.71. The van der Waals surface area contributed by atoms with Crippen molar-refractivity contribution in [2.45, 2.75) is 44.1 Å². The third-order valence-corrected chi connectivity index (χ3v) is 6.65. The molecule has 4 heterocycles. The van der Waals surface area contributed by atoms with Crippen molar-refractivity contribution in [3.05, 3.63) is 83.9 Å². The van der Waals surface area contributed by atoms with Crippen molar-refractivity contribution < 1.29 is 9.47 Å². The molecular weight excluding hydrogens is 420 g/mol. The van der Waals surface area contributed by atoms with Crippen LogP contribution in [0.2, 0.25) is 0 Å². The standard InChI is InChI=1S/C25H28N4O2S/c1-30-19-11-9-18(10-12-19)16-29-24(23(27-25(29)32)21-7-2-3-13-26-21)22-8-4-14-28(22)17-20-6-5-15-31-20/h2-4,7-14,20,23-24H,5-6,15-17H2,1H3,(H,27,32)/t20-,23+,24-/m0/s1. The van der Waals surface area contributed by atoms with Gasteiger partial charge in [-0.15, -0.1) is 0 Å². The smallest absolute Gasteiger partial charge is 0.170 e. The number of hydrogen-bond donors (Lipinski definition) is 1. The van der Waals surface area contributed by atoms with Crippen molar-refractivity contribution in [1.29, 1.82) is 0 Å². The highest BCUT2D eigenvalue weighted by atomic mass is 32.1. The SMILES string of the molecule is COc1ccc(CN2C(=S)N[C@H](c3ccccn3)[C@@H]2c2cccn2C[C@@H]2CCCO2)cc1. The Labute approximate surface area is 194 Å². The summed E-state index contributed by atoms with van der Waals surface area (Å²) in [5.74, 6) is 0.851. The number of benzene rings is 1. The summed E-state index contributed by atoms with van der Waals surface area (Å²) >= 11 is 5.83. The summed E-state index contributed by atoms with van der Waals surface area (Å²) in [6.45, 7) is 2.42. The molecule has 2 fully saturated rings. The predicted octanol–water partition coefficient (Wildman–Crippen LogP) is 4.24. The maximum Gasteiger partial charge on any atom is 0.170 e. The Morgan fingerprint density at radius 1 is 1.16 bits per heavy atom. The average Bonchev–Trinajstić information content (AvgIpc) is 3.57. The lowest BCUT2D eigenvalue weighted by molar-refractivity contribution is 0.0953. The third kappa shape index (κ3) is 4.23. The molecule has 1 N–H and O–H groups in total. The van der Waals surface area contributed by atoms with Crippen molar-refractivity contribution in [2.24, 2.45) is 0 Å². The van der Waals surface area contributed by atoms with Crippen LogP contribution in [0, 0.1) is 0 Å². The van der Waals surface area contributed by atoms with Crippen LogP contribution in [-0.4, -0.2) is 39.4 Å². The fourth-order valence-corrected chi connectivity index (χ4v) is 5.00. The van der Waals surface area contributed by atoms with Gasteiger partial charge in [0.15, 0.2) is 5.11 Å². The van der Waals surface area contributed by atoms with E-state index in [-0.39, 0.29) is 18.2 Å². The monoisotopic (exact) mass is 448 g/mol. The molecular formula is C25H28N4O2S. The Hall–Kier alpha value is -2.90. The van der Waals surface area contributed by atoms with Gasteiger partial charge in [-0.25, -0.2) is 0 Å². The van der Waals surface area contributed by atoms with E-state index in [1.54, 1.807) is 7.11 Å². The molecule has 0 aliphatic carbocycles. The van der Waals surface area contributed by atoms with Crippen LogP contribution in [0.4, 0.5) is 0 Å². The topological polar surface area (TPSA) is 51.5 Å². The van der Waals surface area contributed by atoms with Crippen molar-refractivity contribution in [2.75, 3.05) is 13.7 Å². The number of nitrogens with zero attached hydrogens (tertiary/aromatic N) is 3. The number of hydrogen-bond acceptors (Lipinski definition) is 4. The molecule has 0 radical (unpaired) electrons. The van der Waals surface area contributed by atoms with Gasteiger partial charge in [0.2, 0.25) is 0 Å². The van der Waals surface area contributed by atoms with Crippen LogP contribution in [0.3, 0.4) is 0 Å². The fourth-order valence-electron chi connectivity index (χ4n) is 4.69. The zero-order valence-electron chi connectivity index (χ0n) is 18.2. The largest absolute Gasteiger partial charge is 0.497 e. The molecule has 0 unspecified atom stereocenters. The molecule has 2 saturated heterocycles. The summed E-state index contributed by atoms with van der Waals surface area (Å²) in [6, 6.07) is 18.5. The van der Waals surface area contributed by atoms with Gasteiger partial charge < -0.3 is 24.3 Å². The highest BCUT2D eigenvalue weighted by molar-refractivity contribution is 7.80. The summed E-state index contributed by atoms with van der Waals surface area (Å²) in [7, 11) is 1.68. The van der Waals surface area contributed by atoms with Gasteiger partial charge in [0.25, 0.3) is 0 Å². The van der Waals surface area contributed by atoms with E-state index in [4.69, 9.17) is 21.7 Å². The number of ether oxygens (including phenoxy) is 2. The number of aromatic nitrogens is 2. The molecule has 6 nitrogen and oxygen atoms in total. The van der Waals surface area contributed by atoms with Crippen LogP contribution >= 0.6 is 12.2 Å². The first-order valence-electron chi connectivity index (χ1n) is 11.1. The second kappa shape index (κ2) is 9.30. The normalized spacial score (nSPS) is 22.8. The van der Waals surface area contributed by atoms with Crippen LogP contribution in [0.1, 0.15) is 41.9 Å². The molecule has 1 aromatic carbocycles. The molecule has 0 bridgehead atoms. The van der Waals surface area contributed by atoms with Crippen molar-refractivity contribution >= 4 is 17.3 Å². The van der Waals surface area contributed by atoms with Gasteiger partial charge in [-0.2, -0.15) is 0 Å². The fraction of sp³-hybridized carbons (Fsp3) is 0.360. The summed E-state index contributed by atoms with van der Waals surface area (Å²) in [5, 5.41) is 4.29. The molecule has 7 heteroatoms. The van der Waals surface area contributed by atoms with Gasteiger partial charge in [-0.1, -0.05) is 18.2 Å². The zero-order chi connectivity index (χ0) is 21.9. The van der Waals surface area contributed by atoms with E-state index in [1.165, 1.54) is 11.3 Å². The summed E-state index contributed by atoms with van der Waals surface area (Å²) < 4.78 is 13.6. The minimum atomic E-state index is -0.0277. The average molecular weight is 449 g/mol. The van der Waals surface area contributed by atoms with Gasteiger partial charge in [-0.3, -0.25) is 4.98 Å². The third-order valence-electron chi connectivity index (χ3n) is 6.30. The lowest BCUT2D eigenvalue weighted by Gasteiger charge is -2.29. The quantitative estimate of drug-likeness (QED) is 0.546. The molecule has 5 rings (SSSR count). The predicted molar refractivity (Wildman–Crippen MR) is 127 cm³/mol. The second-order valence-electron chi connectivity index (χ2n) is 8.32. The van der Waals surface area contributed by atoms with E-state index in [9.17, 15) is 0 Å². The zero-order valence-corrected chi connectivity index (χ0v) is 19.0. The Morgan fingerprint density at radius 2 is 2.03 bits per heavy atom. The van der Waals surface area contributed by atoms with Gasteiger partial charge in [0.05, 0.1) is 31.0 Å². The molecule has 3 aromatic rings. The number of methoxy groups -OCH3 is 1. The van der Waals surface area contributed by atoms with Gasteiger partial charge >= 0.3 is 0 Å². The molecule has 2 aromatic heterocycles. The number of rotatable bonds is 7. The summed E-state index contributed by atoms with van der Waals surface area (Å²) in [5.41, 5.74) is 3.39. The molecule has 0 saturated carbocycles. The van der Waals surface area contributed by atoms with Crippen molar-refractivity contribution in [3.8, 4) is 5.75 Å². The first-order chi connectivity index (χ1) is 15.7. The van der Waals surface area contributed by atoms with Gasteiger partial charge in [0, 0.05) is 37.8 Å². The number of thiocarbonyl (C=S) groups is 1. The number of nitrogens with one attached hydrogen (secondary N) is 1. The summed E-state index contributed by atoms with van der Waals surface area (Å²) in [4.78, 5) is 6.93. The number of pyridine rings is 1. The maximum absolute atomic E-state index is 5.92. The van der Waals surface area contributed by atoms with E-state index in [1.807, 2.05) is 30.5 Å². The molecule has 3 atom stereocenters. The first-order valence-corrected chi connectivity index (χ1v) is 11.5. The highest BCUT2D eigenvalue weighted by Gasteiger charge is 2.41. The summed E-state index contributed by atoms with van der Waals surface area (Å²) in [6.07, 6.45) is 6.51. The van der Waals surface area contributed by atoms with Gasteiger partial charge in [0.1, 0.15) is 5.75 Å². The Morgan fingerprint density at radius 3 is 2.75 bits per heavy atom. The van der Waals surface area contributed by atoms with Crippen molar-refractivity contribution in [3.63, 3.8) is 0 Å².